The Morgan fingerprint density at radius 3 is 2.33 bits per heavy atom. The lowest BCUT2D eigenvalue weighted by atomic mass is 10.2. The lowest BCUT2D eigenvalue weighted by molar-refractivity contribution is -0.187. The minimum Gasteiger partial charge on any atom is -0.481 e. The van der Waals surface area contributed by atoms with Crippen LogP contribution in [0.1, 0.15) is 6.42 Å². The van der Waals surface area contributed by atoms with Gasteiger partial charge < -0.3 is 10.0 Å². The first kappa shape index (κ1) is 14.7. The molecule has 0 spiro atoms. The van der Waals surface area contributed by atoms with E-state index in [1.165, 1.54) is 0 Å². The first-order chi connectivity index (χ1) is 8.03. The number of sulfone groups is 1. The van der Waals surface area contributed by atoms with Gasteiger partial charge in [0.25, 0.3) is 0 Å². The van der Waals surface area contributed by atoms with Crippen molar-refractivity contribution in [2.45, 2.75) is 18.6 Å². The number of amides is 1. The minimum absolute atomic E-state index is 0.273. The predicted molar refractivity (Wildman–Crippen MR) is 52.5 cm³/mol. The van der Waals surface area contributed by atoms with E-state index in [1.807, 2.05) is 0 Å². The van der Waals surface area contributed by atoms with Gasteiger partial charge in [0.1, 0.15) is 0 Å². The summed E-state index contributed by atoms with van der Waals surface area (Å²) in [5, 5.41) is 8.52. The number of aliphatic carboxylic acids is 1. The van der Waals surface area contributed by atoms with Crippen molar-refractivity contribution in [3.8, 4) is 0 Å². The number of alkyl halides is 3. The van der Waals surface area contributed by atoms with Crippen LogP contribution in [0.2, 0.25) is 0 Å². The maximum atomic E-state index is 12.2. The molecule has 1 rings (SSSR count). The molecule has 0 bridgehead atoms. The molecule has 1 aliphatic rings. The first-order valence-corrected chi connectivity index (χ1v) is 6.65. The van der Waals surface area contributed by atoms with Crippen LogP contribution in [0.4, 0.5) is 13.2 Å². The summed E-state index contributed by atoms with van der Waals surface area (Å²) in [6, 6.07) is -1.48. The number of hydrogen-bond donors (Lipinski definition) is 1. The van der Waals surface area contributed by atoms with Gasteiger partial charge in [0.05, 0.1) is 24.0 Å². The summed E-state index contributed by atoms with van der Waals surface area (Å²) >= 11 is 0. The van der Waals surface area contributed by atoms with Gasteiger partial charge in [-0.15, -0.1) is 0 Å². The number of carboxylic acid groups (broad SMARTS) is 1. The lowest BCUT2D eigenvalue weighted by Crippen LogP contribution is -2.55. The Morgan fingerprint density at radius 1 is 1.33 bits per heavy atom. The Bertz CT molecular complexity index is 458. The molecule has 0 aromatic heterocycles. The Labute approximate surface area is 100 Å². The molecule has 1 atom stereocenters. The molecule has 1 heterocycles. The molecule has 1 aliphatic heterocycles. The molecule has 0 aromatic carbocycles. The molecular formula is C8H10F3NO5S. The fourth-order valence-corrected chi connectivity index (χ4v) is 3.21. The van der Waals surface area contributed by atoms with Gasteiger partial charge in [-0.2, -0.15) is 13.2 Å². The van der Waals surface area contributed by atoms with Gasteiger partial charge in [-0.3, -0.25) is 9.59 Å². The predicted octanol–water partition coefficient (Wildman–Crippen LogP) is -0.351. The largest absolute Gasteiger partial charge is 0.481 e. The minimum atomic E-state index is -5.14. The molecule has 104 valence electrons. The quantitative estimate of drug-likeness (QED) is 0.750. The summed E-state index contributed by atoms with van der Waals surface area (Å²) in [5.74, 6) is -5.02. The average molecular weight is 289 g/mol. The van der Waals surface area contributed by atoms with Gasteiger partial charge in [0.15, 0.2) is 9.84 Å². The zero-order chi connectivity index (χ0) is 14.1. The van der Waals surface area contributed by atoms with Crippen LogP contribution in [-0.4, -0.2) is 60.6 Å². The molecule has 1 saturated heterocycles. The van der Waals surface area contributed by atoms with E-state index in [2.05, 4.69) is 0 Å². The highest BCUT2D eigenvalue weighted by Gasteiger charge is 2.47. The number of carboxylic acids is 1. The highest BCUT2D eigenvalue weighted by atomic mass is 32.2. The zero-order valence-corrected chi connectivity index (χ0v) is 9.79. The molecule has 0 saturated carbocycles. The number of nitrogens with zero attached hydrogens (tertiary/aromatic N) is 1. The molecule has 0 aromatic rings. The maximum Gasteiger partial charge on any atom is 0.471 e. The second-order valence-electron chi connectivity index (χ2n) is 3.86. The summed E-state index contributed by atoms with van der Waals surface area (Å²) < 4.78 is 59.2. The van der Waals surface area contributed by atoms with Crippen LogP contribution in [0.5, 0.6) is 0 Å². The average Bonchev–Trinajstić information content (AvgIpc) is 2.13. The molecule has 1 fully saturated rings. The van der Waals surface area contributed by atoms with Crippen molar-refractivity contribution in [1.29, 1.82) is 0 Å². The van der Waals surface area contributed by atoms with Crippen LogP contribution in [0.3, 0.4) is 0 Å². The monoisotopic (exact) mass is 289 g/mol. The third-order valence-electron chi connectivity index (χ3n) is 2.44. The maximum absolute atomic E-state index is 12.2. The van der Waals surface area contributed by atoms with Crippen molar-refractivity contribution in [1.82, 2.24) is 4.90 Å². The molecule has 6 nitrogen and oxygen atoms in total. The van der Waals surface area contributed by atoms with Crippen molar-refractivity contribution in [3.63, 3.8) is 0 Å². The fraction of sp³-hybridized carbons (Fsp3) is 0.750. The van der Waals surface area contributed by atoms with E-state index in [0.29, 0.717) is 0 Å². The van der Waals surface area contributed by atoms with Gasteiger partial charge in [0, 0.05) is 6.54 Å². The van der Waals surface area contributed by atoms with E-state index < -0.39 is 58.4 Å². The third kappa shape index (κ3) is 3.59. The Balaban J connectivity index is 2.95. The number of hydrogen-bond acceptors (Lipinski definition) is 4. The highest BCUT2D eigenvalue weighted by molar-refractivity contribution is 7.91. The summed E-state index contributed by atoms with van der Waals surface area (Å²) in [4.78, 5) is 21.8. The molecular weight excluding hydrogens is 279 g/mol. The number of carbonyl (C=O) groups excluding carboxylic acids is 1. The van der Waals surface area contributed by atoms with Gasteiger partial charge in [0.2, 0.25) is 0 Å². The molecule has 18 heavy (non-hydrogen) atoms. The highest BCUT2D eigenvalue weighted by Crippen LogP contribution is 2.24. The zero-order valence-electron chi connectivity index (χ0n) is 8.98. The number of carbonyl (C=O) groups is 2. The molecule has 0 radical (unpaired) electrons. The van der Waals surface area contributed by atoms with Crippen molar-refractivity contribution in [2.24, 2.45) is 0 Å². The normalized spacial score (nSPS) is 23.7. The third-order valence-corrected chi connectivity index (χ3v) is 4.14. The summed E-state index contributed by atoms with van der Waals surface area (Å²) in [7, 11) is -3.61. The van der Waals surface area contributed by atoms with Crippen molar-refractivity contribution in [2.75, 3.05) is 18.1 Å². The van der Waals surface area contributed by atoms with E-state index in [-0.39, 0.29) is 4.90 Å². The van der Waals surface area contributed by atoms with Gasteiger partial charge in [-0.25, -0.2) is 8.42 Å². The van der Waals surface area contributed by atoms with Crippen molar-refractivity contribution < 1.29 is 36.3 Å². The smallest absolute Gasteiger partial charge is 0.471 e. The molecule has 1 N–H and O–H groups in total. The van der Waals surface area contributed by atoms with Crippen LogP contribution in [0, 0.1) is 0 Å². The van der Waals surface area contributed by atoms with Crippen LogP contribution in [0.15, 0.2) is 0 Å². The standard InChI is InChI=1S/C8H10F3NO5S/c9-8(10,11)7(15)12-1-2-18(16,17)4-5(12)3-6(13)14/h5H,1-4H2,(H,13,14). The Kier molecular flexibility index (Phi) is 3.89. The summed E-state index contributed by atoms with van der Waals surface area (Å²) in [5.41, 5.74) is 0. The number of halogens is 3. The van der Waals surface area contributed by atoms with Crippen LogP contribution < -0.4 is 0 Å². The molecule has 1 unspecified atom stereocenters. The van der Waals surface area contributed by atoms with Crippen LogP contribution in [-0.2, 0) is 19.4 Å². The topological polar surface area (TPSA) is 91.8 Å². The Morgan fingerprint density at radius 2 is 1.89 bits per heavy atom. The second kappa shape index (κ2) is 4.75. The number of rotatable bonds is 2. The van der Waals surface area contributed by atoms with Gasteiger partial charge in [-0.1, -0.05) is 0 Å². The summed E-state index contributed by atoms with van der Waals surface area (Å²) in [6.07, 6.45) is -5.97. The molecule has 1 amide bonds. The Hall–Kier alpha value is -1.32. The summed E-state index contributed by atoms with van der Waals surface area (Å²) in [6.45, 7) is -0.640. The van der Waals surface area contributed by atoms with Gasteiger partial charge in [-0.05, 0) is 0 Å². The van der Waals surface area contributed by atoms with E-state index in [0.717, 1.165) is 0 Å². The van der Waals surface area contributed by atoms with E-state index in [4.69, 9.17) is 5.11 Å². The van der Waals surface area contributed by atoms with Gasteiger partial charge >= 0.3 is 18.1 Å². The first-order valence-electron chi connectivity index (χ1n) is 4.83. The SMILES string of the molecule is O=C(O)CC1CS(=O)(=O)CCN1C(=O)C(F)(F)F. The van der Waals surface area contributed by atoms with E-state index >= 15 is 0 Å². The van der Waals surface area contributed by atoms with Crippen LogP contribution >= 0.6 is 0 Å². The van der Waals surface area contributed by atoms with Crippen molar-refractivity contribution in [3.05, 3.63) is 0 Å². The lowest BCUT2D eigenvalue weighted by Gasteiger charge is -2.34. The fourth-order valence-electron chi connectivity index (χ4n) is 1.69. The second-order valence-corrected chi connectivity index (χ2v) is 6.09. The molecule has 0 aliphatic carbocycles. The van der Waals surface area contributed by atoms with E-state index in [9.17, 15) is 31.2 Å². The van der Waals surface area contributed by atoms with Crippen molar-refractivity contribution >= 4 is 21.7 Å². The van der Waals surface area contributed by atoms with Crippen LogP contribution in [0.25, 0.3) is 0 Å². The van der Waals surface area contributed by atoms with E-state index in [1.54, 1.807) is 0 Å². The molecule has 10 heteroatoms.